The molecule has 1 aromatic carbocycles. The Balaban J connectivity index is 1.75. The van der Waals surface area contributed by atoms with E-state index in [-0.39, 0.29) is 27.5 Å². The molecule has 0 spiro atoms. The lowest BCUT2D eigenvalue weighted by atomic mass is 10.2. The molecule has 132 valence electrons. The van der Waals surface area contributed by atoms with Crippen molar-refractivity contribution in [2.45, 2.75) is 0 Å². The molecule has 0 saturated carbocycles. The zero-order valence-corrected chi connectivity index (χ0v) is 14.2. The monoisotopic (exact) mass is 373 g/mol. The van der Waals surface area contributed by atoms with Gasteiger partial charge in [-0.2, -0.15) is 0 Å². The van der Waals surface area contributed by atoms with Crippen molar-refractivity contribution < 1.29 is 23.9 Å². The largest absolute Gasteiger partial charge is 0.465 e. The van der Waals surface area contributed by atoms with Gasteiger partial charge in [0, 0.05) is 6.20 Å². The van der Waals surface area contributed by atoms with E-state index in [4.69, 9.17) is 11.6 Å². The number of aromatic nitrogens is 1. The molecule has 2 aromatic rings. The van der Waals surface area contributed by atoms with Gasteiger partial charge in [-0.1, -0.05) is 11.6 Å². The Bertz CT molecular complexity index is 909. The number of nitrogens with zero attached hydrogens (tertiary/aromatic N) is 2. The van der Waals surface area contributed by atoms with Crippen molar-refractivity contribution in [3.05, 3.63) is 58.4 Å². The molecule has 1 aliphatic rings. The third kappa shape index (κ3) is 3.14. The summed E-state index contributed by atoms with van der Waals surface area (Å²) in [6.07, 6.45) is 1.39. The lowest BCUT2D eigenvalue weighted by Gasteiger charge is -2.14. The van der Waals surface area contributed by atoms with Gasteiger partial charge in [0.2, 0.25) is 5.91 Å². The molecule has 0 atom stereocenters. The standard InChI is InChI=1S/C17H12ClN3O5/c1-26-17(25)9-4-5-11(18)12(7-9)20-13(22)8-21-15(23)10-3-2-6-19-14(10)16(21)24/h2-7H,8H2,1H3,(H,20,22). The van der Waals surface area contributed by atoms with Gasteiger partial charge in [-0.3, -0.25) is 24.3 Å². The molecule has 3 amide bonds. The van der Waals surface area contributed by atoms with Crippen molar-refractivity contribution in [3.8, 4) is 0 Å². The number of amides is 3. The average Bonchev–Trinajstić information content (AvgIpc) is 2.88. The number of carbonyl (C=O) groups excluding carboxylic acids is 4. The van der Waals surface area contributed by atoms with E-state index in [1.807, 2.05) is 0 Å². The third-order valence-corrected chi connectivity index (χ3v) is 4.02. The zero-order chi connectivity index (χ0) is 18.8. The minimum Gasteiger partial charge on any atom is -0.465 e. The Kier molecular flexibility index (Phi) is 4.68. The number of pyridine rings is 1. The van der Waals surface area contributed by atoms with Crippen LogP contribution in [0, 0.1) is 0 Å². The van der Waals surface area contributed by atoms with Crippen LogP contribution in [-0.4, -0.2) is 47.2 Å². The number of hydrogen-bond acceptors (Lipinski definition) is 6. The maximum Gasteiger partial charge on any atom is 0.337 e. The zero-order valence-electron chi connectivity index (χ0n) is 13.5. The van der Waals surface area contributed by atoms with Crippen LogP contribution < -0.4 is 5.32 Å². The van der Waals surface area contributed by atoms with Crippen LogP contribution in [0.5, 0.6) is 0 Å². The van der Waals surface area contributed by atoms with Crippen molar-refractivity contribution in [2.75, 3.05) is 19.0 Å². The number of rotatable bonds is 4. The molecule has 3 rings (SSSR count). The predicted octanol–water partition coefficient (Wildman–Crippen LogP) is 1.76. The lowest BCUT2D eigenvalue weighted by Crippen LogP contribution is -2.37. The molecule has 8 nitrogen and oxygen atoms in total. The van der Waals surface area contributed by atoms with Crippen molar-refractivity contribution in [1.29, 1.82) is 0 Å². The number of nitrogens with one attached hydrogen (secondary N) is 1. The summed E-state index contributed by atoms with van der Waals surface area (Å²) < 4.78 is 4.61. The van der Waals surface area contributed by atoms with Crippen LogP contribution in [0.3, 0.4) is 0 Å². The van der Waals surface area contributed by atoms with E-state index in [1.54, 1.807) is 0 Å². The predicted molar refractivity (Wildman–Crippen MR) is 91.0 cm³/mol. The van der Waals surface area contributed by atoms with Gasteiger partial charge in [-0.15, -0.1) is 0 Å². The summed E-state index contributed by atoms with van der Waals surface area (Å²) in [5.74, 6) is -2.48. The van der Waals surface area contributed by atoms with Crippen LogP contribution in [-0.2, 0) is 9.53 Å². The van der Waals surface area contributed by atoms with Gasteiger partial charge in [0.05, 0.1) is 28.9 Å². The van der Waals surface area contributed by atoms with Crippen LogP contribution in [0.25, 0.3) is 0 Å². The molecule has 0 unspecified atom stereocenters. The normalized spacial score (nSPS) is 12.8. The number of halogens is 1. The van der Waals surface area contributed by atoms with E-state index in [1.165, 1.54) is 43.6 Å². The van der Waals surface area contributed by atoms with Crippen molar-refractivity contribution in [1.82, 2.24) is 9.88 Å². The Labute approximate surface area is 152 Å². The fourth-order valence-corrected chi connectivity index (χ4v) is 2.62. The van der Waals surface area contributed by atoms with Gasteiger partial charge in [0.25, 0.3) is 11.8 Å². The molecule has 2 heterocycles. The molecule has 26 heavy (non-hydrogen) atoms. The van der Waals surface area contributed by atoms with Crippen LogP contribution in [0.4, 0.5) is 5.69 Å². The molecule has 1 aliphatic heterocycles. The second-order valence-electron chi connectivity index (χ2n) is 5.33. The Hall–Kier alpha value is -3.26. The van der Waals surface area contributed by atoms with E-state index in [9.17, 15) is 19.2 Å². The Morgan fingerprint density at radius 3 is 2.69 bits per heavy atom. The van der Waals surface area contributed by atoms with Crippen molar-refractivity contribution in [3.63, 3.8) is 0 Å². The number of methoxy groups -OCH3 is 1. The highest BCUT2D eigenvalue weighted by atomic mass is 35.5. The molecular formula is C17H12ClN3O5. The second-order valence-corrected chi connectivity index (χ2v) is 5.74. The molecule has 0 fully saturated rings. The third-order valence-electron chi connectivity index (χ3n) is 3.69. The highest BCUT2D eigenvalue weighted by molar-refractivity contribution is 6.34. The second kappa shape index (κ2) is 6.93. The Morgan fingerprint density at radius 2 is 2.00 bits per heavy atom. The molecule has 0 saturated heterocycles. The number of benzene rings is 1. The summed E-state index contributed by atoms with van der Waals surface area (Å²) in [5.41, 5.74) is 0.512. The lowest BCUT2D eigenvalue weighted by molar-refractivity contribution is -0.116. The summed E-state index contributed by atoms with van der Waals surface area (Å²) in [6.45, 7) is -0.507. The smallest absolute Gasteiger partial charge is 0.337 e. The summed E-state index contributed by atoms with van der Waals surface area (Å²) in [4.78, 5) is 53.0. The molecule has 0 radical (unpaired) electrons. The molecule has 1 aromatic heterocycles. The van der Waals surface area contributed by atoms with Gasteiger partial charge < -0.3 is 10.1 Å². The topological polar surface area (TPSA) is 106 Å². The SMILES string of the molecule is COC(=O)c1ccc(Cl)c(NC(=O)CN2C(=O)c3cccnc3C2=O)c1. The maximum absolute atomic E-state index is 12.3. The fraction of sp³-hybridized carbons (Fsp3) is 0.118. The quantitative estimate of drug-likeness (QED) is 0.646. The molecular weight excluding hydrogens is 362 g/mol. The van der Waals surface area contributed by atoms with E-state index in [0.29, 0.717) is 0 Å². The van der Waals surface area contributed by atoms with Crippen LogP contribution >= 0.6 is 11.6 Å². The first kappa shape index (κ1) is 17.6. The van der Waals surface area contributed by atoms with Gasteiger partial charge in [-0.05, 0) is 30.3 Å². The number of anilines is 1. The highest BCUT2D eigenvalue weighted by Crippen LogP contribution is 2.24. The highest BCUT2D eigenvalue weighted by Gasteiger charge is 2.37. The van der Waals surface area contributed by atoms with Crippen LogP contribution in [0.1, 0.15) is 31.2 Å². The number of esters is 1. The van der Waals surface area contributed by atoms with Gasteiger partial charge in [0.1, 0.15) is 12.2 Å². The van der Waals surface area contributed by atoms with Gasteiger partial charge >= 0.3 is 5.97 Å². The van der Waals surface area contributed by atoms with E-state index < -0.39 is 30.2 Å². The number of fused-ring (bicyclic) bond motifs is 1. The van der Waals surface area contributed by atoms with Crippen molar-refractivity contribution >= 4 is 41.0 Å². The average molecular weight is 374 g/mol. The fourth-order valence-electron chi connectivity index (χ4n) is 2.46. The van der Waals surface area contributed by atoms with Gasteiger partial charge in [-0.25, -0.2) is 4.79 Å². The first-order chi connectivity index (χ1) is 12.4. The Morgan fingerprint density at radius 1 is 1.23 bits per heavy atom. The molecule has 0 bridgehead atoms. The summed E-state index contributed by atoms with van der Waals surface area (Å²) >= 11 is 6.01. The minimum absolute atomic E-state index is 0.0102. The number of hydrogen-bond donors (Lipinski definition) is 1. The number of imide groups is 1. The summed E-state index contributed by atoms with van der Waals surface area (Å²) in [5, 5.41) is 2.67. The number of ether oxygens (including phenoxy) is 1. The first-order valence-corrected chi connectivity index (χ1v) is 7.79. The van der Waals surface area contributed by atoms with Gasteiger partial charge in [0.15, 0.2) is 0 Å². The van der Waals surface area contributed by atoms with E-state index >= 15 is 0 Å². The molecule has 0 aliphatic carbocycles. The first-order valence-electron chi connectivity index (χ1n) is 7.41. The number of carbonyl (C=O) groups is 4. The minimum atomic E-state index is -0.650. The molecule has 1 N–H and O–H groups in total. The summed E-state index contributed by atoms with van der Waals surface area (Å²) in [7, 11) is 1.23. The summed E-state index contributed by atoms with van der Waals surface area (Å²) in [6, 6.07) is 7.22. The molecule has 9 heteroatoms. The van der Waals surface area contributed by atoms with E-state index in [0.717, 1.165) is 4.90 Å². The maximum atomic E-state index is 12.3. The van der Waals surface area contributed by atoms with Crippen LogP contribution in [0.2, 0.25) is 5.02 Å². The van der Waals surface area contributed by atoms with Crippen molar-refractivity contribution in [2.24, 2.45) is 0 Å². The van der Waals surface area contributed by atoms with Crippen LogP contribution in [0.15, 0.2) is 36.5 Å². The van der Waals surface area contributed by atoms with E-state index in [2.05, 4.69) is 15.0 Å².